The molecule has 45 heavy (non-hydrogen) atoms. The molecule has 0 aromatic rings. The van der Waals surface area contributed by atoms with Crippen molar-refractivity contribution >= 4 is 0 Å². The van der Waals surface area contributed by atoms with Crippen molar-refractivity contribution in [2.45, 2.75) is 182 Å². The second-order valence-electron chi connectivity index (χ2n) is 11.8. The number of ether oxygens (including phenoxy) is 7. The van der Waals surface area contributed by atoms with Crippen molar-refractivity contribution in [2.24, 2.45) is 0 Å². The van der Waals surface area contributed by atoms with Crippen LogP contribution in [-0.4, -0.2) is 64.8 Å². The Hall–Kier alpha value is -0.800. The first kappa shape index (κ1) is 44.2. The third-order valence-corrected chi connectivity index (χ3v) is 7.07. The zero-order valence-corrected chi connectivity index (χ0v) is 30.4. The zero-order valence-electron chi connectivity index (χ0n) is 30.4. The molecule has 0 saturated carbocycles. The largest absolute Gasteiger partial charge is 0.353 e. The highest BCUT2D eigenvalue weighted by Crippen LogP contribution is 2.14. The maximum Gasteiger partial charge on any atom is 0.180 e. The number of rotatable bonds is 36. The molecule has 0 N–H and O–H groups in total. The molecule has 2 atom stereocenters. The van der Waals surface area contributed by atoms with Gasteiger partial charge in [-0.15, -0.1) is 0 Å². The second kappa shape index (κ2) is 36.0. The van der Waals surface area contributed by atoms with Gasteiger partial charge < -0.3 is 33.2 Å². The second-order valence-corrected chi connectivity index (χ2v) is 11.8. The smallest absolute Gasteiger partial charge is 0.180 e. The van der Waals surface area contributed by atoms with Gasteiger partial charge in [-0.3, -0.25) is 0 Å². The van der Waals surface area contributed by atoms with Crippen LogP contribution in [0.1, 0.15) is 157 Å². The molecule has 0 aliphatic rings. The Labute approximate surface area is 279 Å². The van der Waals surface area contributed by atoms with Gasteiger partial charge in [-0.25, -0.2) is 0 Å². The van der Waals surface area contributed by atoms with Gasteiger partial charge in [0.15, 0.2) is 25.2 Å². The minimum Gasteiger partial charge on any atom is -0.353 e. The minimum absolute atomic E-state index is 0.0885. The lowest BCUT2D eigenvalue weighted by Gasteiger charge is -2.22. The fourth-order valence-corrected chi connectivity index (χ4v) is 4.50. The van der Waals surface area contributed by atoms with E-state index in [1.54, 1.807) is 0 Å². The summed E-state index contributed by atoms with van der Waals surface area (Å²) in [6.45, 7) is 17.3. The van der Waals surface area contributed by atoms with E-state index in [4.69, 9.17) is 33.2 Å². The summed E-state index contributed by atoms with van der Waals surface area (Å²) in [5, 5.41) is 0. The van der Waals surface area contributed by atoms with Gasteiger partial charge in [0, 0.05) is 26.4 Å². The molecule has 7 heteroatoms. The molecule has 0 aromatic heterocycles. The third-order valence-electron chi connectivity index (χ3n) is 7.07. The summed E-state index contributed by atoms with van der Waals surface area (Å²) in [6.07, 6.45) is 26.3. The number of allylic oxidation sites excluding steroid dienone is 2. The summed E-state index contributed by atoms with van der Waals surface area (Å²) in [6, 6.07) is 0. The topological polar surface area (TPSA) is 64.6 Å². The molecular formula is C38H74O7. The molecule has 7 nitrogen and oxygen atoms in total. The molecular weight excluding hydrogens is 568 g/mol. The zero-order chi connectivity index (χ0) is 33.1. The minimum atomic E-state index is -0.427. The maximum absolute atomic E-state index is 6.38. The molecule has 0 bridgehead atoms. The normalized spacial score (nSPS) is 13.7. The van der Waals surface area contributed by atoms with Gasteiger partial charge in [0.05, 0.1) is 13.2 Å². The number of hydrogen-bond acceptors (Lipinski definition) is 7. The van der Waals surface area contributed by atoms with Gasteiger partial charge in [0.25, 0.3) is 0 Å². The van der Waals surface area contributed by atoms with Crippen molar-refractivity contribution in [3.63, 3.8) is 0 Å². The summed E-state index contributed by atoms with van der Waals surface area (Å²) in [7, 11) is 0. The average molecular weight is 643 g/mol. The first-order chi connectivity index (χ1) is 22.1. The predicted octanol–water partition coefficient (Wildman–Crippen LogP) is 10.7. The Kier molecular flexibility index (Phi) is 35.4. The van der Waals surface area contributed by atoms with Gasteiger partial charge in [-0.05, 0) is 102 Å². The van der Waals surface area contributed by atoms with E-state index in [2.05, 4.69) is 65.8 Å². The Morgan fingerprint density at radius 1 is 0.378 bits per heavy atom. The predicted molar refractivity (Wildman–Crippen MR) is 187 cm³/mol. The van der Waals surface area contributed by atoms with Crippen molar-refractivity contribution in [1.29, 1.82) is 0 Å². The van der Waals surface area contributed by atoms with E-state index in [0.717, 1.165) is 142 Å². The molecule has 2 unspecified atom stereocenters. The molecule has 0 aromatic carbocycles. The molecule has 0 spiro atoms. The molecule has 0 amide bonds. The van der Waals surface area contributed by atoms with E-state index in [1.807, 2.05) is 0 Å². The molecule has 0 radical (unpaired) electrons. The summed E-state index contributed by atoms with van der Waals surface area (Å²) >= 11 is 0. The SMILES string of the molecule is CCCCCOC(C=CCCCCC(OCCC)OCCC)OC(C=CCCCCC(OCCC)OCCC)OCCCCC. The van der Waals surface area contributed by atoms with Crippen LogP contribution in [0.2, 0.25) is 0 Å². The summed E-state index contributed by atoms with van der Waals surface area (Å²) in [5.74, 6) is 0. The van der Waals surface area contributed by atoms with E-state index >= 15 is 0 Å². The highest BCUT2D eigenvalue weighted by atomic mass is 16.8. The standard InChI is InChI=1S/C38H74O7/c1-7-13-23-33-43-37(27-21-17-15-19-25-35(39-29-9-3)40-30-10-4)45-38(44-34-24-14-8-2)28-22-18-16-20-26-36(41-31-11-5)42-32-12-6/h21-22,27-28,35-38H,7-20,23-26,29-34H2,1-6H3. The highest BCUT2D eigenvalue weighted by Gasteiger charge is 2.14. The fraction of sp³-hybridized carbons (Fsp3) is 0.895. The lowest BCUT2D eigenvalue weighted by molar-refractivity contribution is -0.208. The van der Waals surface area contributed by atoms with E-state index < -0.39 is 12.6 Å². The Balaban J connectivity index is 4.98. The number of hydrogen-bond donors (Lipinski definition) is 0. The molecule has 0 rings (SSSR count). The van der Waals surface area contributed by atoms with Crippen LogP contribution in [-0.2, 0) is 33.2 Å². The van der Waals surface area contributed by atoms with Crippen LogP contribution < -0.4 is 0 Å². The fourth-order valence-electron chi connectivity index (χ4n) is 4.50. The summed E-state index contributed by atoms with van der Waals surface area (Å²) in [5.41, 5.74) is 0. The van der Waals surface area contributed by atoms with Gasteiger partial charge in [-0.2, -0.15) is 0 Å². The maximum atomic E-state index is 6.38. The van der Waals surface area contributed by atoms with Crippen molar-refractivity contribution in [3.05, 3.63) is 24.3 Å². The molecule has 0 heterocycles. The van der Waals surface area contributed by atoms with Gasteiger partial charge in [-0.1, -0.05) is 79.4 Å². The Morgan fingerprint density at radius 3 is 1.09 bits per heavy atom. The van der Waals surface area contributed by atoms with Crippen LogP contribution in [0.3, 0.4) is 0 Å². The third kappa shape index (κ3) is 30.3. The highest BCUT2D eigenvalue weighted by molar-refractivity contribution is 4.90. The summed E-state index contributed by atoms with van der Waals surface area (Å²) in [4.78, 5) is 0. The van der Waals surface area contributed by atoms with Crippen LogP contribution in [0.4, 0.5) is 0 Å². The Morgan fingerprint density at radius 2 is 0.756 bits per heavy atom. The van der Waals surface area contributed by atoms with Gasteiger partial charge in [0.2, 0.25) is 0 Å². The number of unbranched alkanes of at least 4 members (excludes halogenated alkanes) is 8. The molecule has 268 valence electrons. The summed E-state index contributed by atoms with van der Waals surface area (Å²) < 4.78 is 42.2. The van der Waals surface area contributed by atoms with E-state index in [-0.39, 0.29) is 12.6 Å². The van der Waals surface area contributed by atoms with Gasteiger partial charge in [0.1, 0.15) is 0 Å². The lowest BCUT2D eigenvalue weighted by Crippen LogP contribution is -2.25. The monoisotopic (exact) mass is 643 g/mol. The van der Waals surface area contributed by atoms with Crippen LogP contribution in [0.15, 0.2) is 24.3 Å². The van der Waals surface area contributed by atoms with Crippen LogP contribution >= 0.6 is 0 Å². The Bertz CT molecular complexity index is 559. The van der Waals surface area contributed by atoms with E-state index in [0.29, 0.717) is 13.2 Å². The van der Waals surface area contributed by atoms with E-state index in [9.17, 15) is 0 Å². The molecule has 0 aliphatic heterocycles. The molecule has 0 aliphatic carbocycles. The molecule has 0 saturated heterocycles. The van der Waals surface area contributed by atoms with E-state index in [1.165, 1.54) is 0 Å². The average Bonchev–Trinajstić information content (AvgIpc) is 3.05. The first-order valence-corrected chi connectivity index (χ1v) is 18.8. The quantitative estimate of drug-likeness (QED) is 0.0383. The van der Waals surface area contributed by atoms with Crippen molar-refractivity contribution in [1.82, 2.24) is 0 Å². The first-order valence-electron chi connectivity index (χ1n) is 18.8. The van der Waals surface area contributed by atoms with Crippen LogP contribution in [0.25, 0.3) is 0 Å². The van der Waals surface area contributed by atoms with Crippen LogP contribution in [0.5, 0.6) is 0 Å². The van der Waals surface area contributed by atoms with Crippen LogP contribution in [0, 0.1) is 0 Å². The lowest BCUT2D eigenvalue weighted by atomic mass is 10.2. The molecule has 0 fully saturated rings. The van der Waals surface area contributed by atoms with Crippen molar-refractivity contribution in [2.75, 3.05) is 39.6 Å². The van der Waals surface area contributed by atoms with Crippen molar-refractivity contribution < 1.29 is 33.2 Å². The van der Waals surface area contributed by atoms with Gasteiger partial charge >= 0.3 is 0 Å². The van der Waals surface area contributed by atoms with Crippen molar-refractivity contribution in [3.8, 4) is 0 Å².